The Hall–Kier alpha value is -0.750. The predicted molar refractivity (Wildman–Crippen MR) is 80.9 cm³/mol. The number of benzene rings is 1. The van der Waals surface area contributed by atoms with E-state index in [4.69, 9.17) is 0 Å². The minimum absolute atomic E-state index is 0.218. The van der Waals surface area contributed by atoms with Gasteiger partial charge in [0.15, 0.2) is 0 Å². The van der Waals surface area contributed by atoms with Crippen LogP contribution < -0.4 is 5.32 Å². The van der Waals surface area contributed by atoms with E-state index in [1.807, 2.05) is 13.0 Å². The molecule has 102 valence electrons. The molecule has 0 spiro atoms. The highest BCUT2D eigenvalue weighted by Gasteiger charge is 2.16. The Morgan fingerprint density at radius 2 is 1.95 bits per heavy atom. The van der Waals surface area contributed by atoms with Gasteiger partial charge in [-0.25, -0.2) is 13.8 Å². The zero-order valence-corrected chi connectivity index (χ0v) is 13.4. The summed E-state index contributed by atoms with van der Waals surface area (Å²) < 4.78 is 27.4. The molecule has 0 atom stereocenters. The number of aromatic nitrogens is 1. The third kappa shape index (κ3) is 3.05. The third-order valence-corrected chi connectivity index (χ3v) is 3.97. The van der Waals surface area contributed by atoms with E-state index in [-0.39, 0.29) is 5.69 Å². The first-order valence-electron chi connectivity index (χ1n) is 5.85. The van der Waals surface area contributed by atoms with E-state index >= 15 is 0 Å². The Morgan fingerprint density at radius 3 is 2.58 bits per heavy atom. The Bertz CT molecular complexity index is 603. The van der Waals surface area contributed by atoms with Gasteiger partial charge in [0.05, 0.1) is 5.52 Å². The summed E-state index contributed by atoms with van der Waals surface area (Å²) in [5.74, 6) is 0. The zero-order chi connectivity index (χ0) is 14.0. The number of alkyl halides is 2. The maximum atomic E-state index is 12.9. The molecule has 0 aliphatic carbocycles. The quantitative estimate of drug-likeness (QED) is 0.739. The van der Waals surface area contributed by atoms with Crippen molar-refractivity contribution in [2.75, 3.05) is 11.9 Å². The van der Waals surface area contributed by atoms with Gasteiger partial charge in [-0.1, -0.05) is 22.9 Å². The van der Waals surface area contributed by atoms with Crippen molar-refractivity contribution in [3.8, 4) is 0 Å². The van der Waals surface area contributed by atoms with Crippen molar-refractivity contribution in [2.24, 2.45) is 0 Å². The lowest BCUT2D eigenvalue weighted by Crippen LogP contribution is -2.03. The number of pyridine rings is 1. The summed E-state index contributed by atoms with van der Waals surface area (Å²) >= 11 is 6.81. The fourth-order valence-electron chi connectivity index (χ4n) is 1.80. The fraction of sp³-hybridized carbons (Fsp3) is 0.308. The molecule has 0 bridgehead atoms. The van der Waals surface area contributed by atoms with Crippen LogP contribution in [-0.2, 0) is 0 Å². The summed E-state index contributed by atoms with van der Waals surface area (Å²) in [4.78, 5) is 4.04. The van der Waals surface area contributed by atoms with E-state index in [0.29, 0.717) is 15.7 Å². The summed E-state index contributed by atoms with van der Waals surface area (Å²) in [6.07, 6.45) is -1.67. The number of hydrogen-bond donors (Lipinski definition) is 1. The van der Waals surface area contributed by atoms with Gasteiger partial charge in [0.1, 0.15) is 5.69 Å². The van der Waals surface area contributed by atoms with E-state index in [1.54, 1.807) is 6.07 Å². The van der Waals surface area contributed by atoms with Crippen molar-refractivity contribution in [2.45, 2.75) is 19.8 Å². The Morgan fingerprint density at radius 1 is 1.26 bits per heavy atom. The van der Waals surface area contributed by atoms with Crippen molar-refractivity contribution >= 4 is 48.5 Å². The molecule has 0 aliphatic rings. The van der Waals surface area contributed by atoms with Gasteiger partial charge >= 0.3 is 0 Å². The van der Waals surface area contributed by atoms with Crippen LogP contribution in [0.1, 0.15) is 25.5 Å². The number of nitrogens with zero attached hydrogens (tertiary/aromatic N) is 1. The maximum absolute atomic E-state index is 12.9. The Kier molecular flexibility index (Phi) is 4.73. The van der Waals surface area contributed by atoms with Crippen LogP contribution in [-0.4, -0.2) is 11.5 Å². The maximum Gasteiger partial charge on any atom is 0.280 e. The minimum Gasteiger partial charge on any atom is -0.384 e. The first-order valence-corrected chi connectivity index (χ1v) is 7.43. The largest absolute Gasteiger partial charge is 0.384 e. The molecule has 0 saturated heterocycles. The summed E-state index contributed by atoms with van der Waals surface area (Å²) in [6.45, 7) is 2.75. The van der Waals surface area contributed by atoms with Crippen molar-refractivity contribution in [3.63, 3.8) is 0 Å². The van der Waals surface area contributed by atoms with Crippen molar-refractivity contribution in [1.29, 1.82) is 0 Å². The lowest BCUT2D eigenvalue weighted by molar-refractivity contribution is 0.146. The summed E-state index contributed by atoms with van der Waals surface area (Å²) in [5.41, 5.74) is 0.992. The molecule has 2 nitrogen and oxygen atoms in total. The van der Waals surface area contributed by atoms with Gasteiger partial charge in [-0.3, -0.25) is 0 Å². The number of anilines is 1. The second-order valence-corrected chi connectivity index (χ2v) is 5.78. The topological polar surface area (TPSA) is 24.9 Å². The van der Waals surface area contributed by atoms with Crippen LogP contribution in [0.5, 0.6) is 0 Å². The number of rotatable bonds is 4. The van der Waals surface area contributed by atoms with Crippen LogP contribution in [0.15, 0.2) is 27.1 Å². The molecule has 1 aromatic heterocycles. The second-order valence-electron chi connectivity index (χ2n) is 4.07. The molecule has 1 aromatic carbocycles. The van der Waals surface area contributed by atoms with Crippen molar-refractivity contribution in [3.05, 3.63) is 32.8 Å². The Labute approximate surface area is 126 Å². The van der Waals surface area contributed by atoms with E-state index in [1.165, 1.54) is 6.07 Å². The summed E-state index contributed by atoms with van der Waals surface area (Å²) in [5, 5.41) is 3.99. The molecule has 1 heterocycles. The van der Waals surface area contributed by atoms with Gasteiger partial charge in [0.2, 0.25) is 0 Å². The van der Waals surface area contributed by atoms with E-state index in [9.17, 15) is 8.78 Å². The predicted octanol–water partition coefficient (Wildman–Crippen LogP) is 5.52. The molecule has 0 unspecified atom stereocenters. The zero-order valence-electron chi connectivity index (χ0n) is 10.2. The molecule has 0 radical (unpaired) electrons. The molecule has 6 heteroatoms. The monoisotopic (exact) mass is 392 g/mol. The highest BCUT2D eigenvalue weighted by Crippen LogP contribution is 2.36. The van der Waals surface area contributed by atoms with Crippen LogP contribution >= 0.6 is 31.9 Å². The van der Waals surface area contributed by atoms with Crippen LogP contribution in [0, 0.1) is 0 Å². The van der Waals surface area contributed by atoms with E-state index in [0.717, 1.165) is 22.8 Å². The number of fused-ring (bicyclic) bond motifs is 1. The minimum atomic E-state index is -2.59. The molecule has 0 aliphatic heterocycles. The smallest absolute Gasteiger partial charge is 0.280 e. The van der Waals surface area contributed by atoms with Gasteiger partial charge in [-0.2, -0.15) is 0 Å². The van der Waals surface area contributed by atoms with Gasteiger partial charge in [0, 0.05) is 26.6 Å². The normalized spacial score (nSPS) is 11.3. The first-order chi connectivity index (χ1) is 9.04. The summed E-state index contributed by atoms with van der Waals surface area (Å²) in [7, 11) is 0. The SMILES string of the molecule is CCCNc1cc(C(F)F)nc2c(Br)ccc(Br)c12. The third-order valence-electron chi connectivity index (χ3n) is 2.67. The molecule has 1 N–H and O–H groups in total. The number of hydrogen-bond acceptors (Lipinski definition) is 2. The standard InChI is InChI=1S/C13H12Br2F2N2/c1-2-5-18-9-6-10(13(16)17)19-12-8(15)4-3-7(14)11(9)12/h3-4,6,13H,2,5H2,1H3,(H,18,19). The average Bonchev–Trinajstić information content (AvgIpc) is 2.39. The highest BCUT2D eigenvalue weighted by molar-refractivity contribution is 9.11. The Balaban J connectivity index is 2.70. The lowest BCUT2D eigenvalue weighted by Gasteiger charge is -2.13. The van der Waals surface area contributed by atoms with Crippen LogP contribution in [0.4, 0.5) is 14.5 Å². The number of halogens is 4. The van der Waals surface area contributed by atoms with E-state index < -0.39 is 6.43 Å². The van der Waals surface area contributed by atoms with E-state index in [2.05, 4.69) is 42.2 Å². The molecular weight excluding hydrogens is 382 g/mol. The molecular formula is C13H12Br2F2N2. The first kappa shape index (κ1) is 14.7. The molecule has 2 rings (SSSR count). The average molecular weight is 394 g/mol. The summed E-state index contributed by atoms with van der Waals surface area (Å²) in [6, 6.07) is 5.07. The molecule has 19 heavy (non-hydrogen) atoms. The fourth-order valence-corrected chi connectivity index (χ4v) is 2.75. The molecule has 0 amide bonds. The van der Waals surface area contributed by atoms with Gasteiger partial charge < -0.3 is 5.32 Å². The van der Waals surface area contributed by atoms with Crippen LogP contribution in [0.2, 0.25) is 0 Å². The van der Waals surface area contributed by atoms with Gasteiger partial charge in [0.25, 0.3) is 6.43 Å². The highest BCUT2D eigenvalue weighted by atomic mass is 79.9. The van der Waals surface area contributed by atoms with Crippen LogP contribution in [0.25, 0.3) is 10.9 Å². The molecule has 0 fully saturated rings. The second kappa shape index (κ2) is 6.13. The van der Waals surface area contributed by atoms with Crippen molar-refractivity contribution < 1.29 is 8.78 Å². The van der Waals surface area contributed by atoms with Gasteiger partial charge in [-0.15, -0.1) is 0 Å². The van der Waals surface area contributed by atoms with Gasteiger partial charge in [-0.05, 0) is 40.5 Å². The van der Waals surface area contributed by atoms with Crippen LogP contribution in [0.3, 0.4) is 0 Å². The number of nitrogens with one attached hydrogen (secondary N) is 1. The lowest BCUT2D eigenvalue weighted by atomic mass is 10.1. The molecule has 2 aromatic rings. The van der Waals surface area contributed by atoms with Crippen molar-refractivity contribution in [1.82, 2.24) is 4.98 Å². The molecule has 0 saturated carbocycles.